The second kappa shape index (κ2) is 13.3. The largest absolute Gasteiger partial charge is 0.493 e. The van der Waals surface area contributed by atoms with Crippen LogP contribution in [0.5, 0.6) is 17.2 Å². The second-order valence-electron chi connectivity index (χ2n) is 8.84. The van der Waals surface area contributed by atoms with Crippen molar-refractivity contribution in [1.29, 1.82) is 0 Å². The number of methoxy groups -OCH3 is 1. The summed E-state index contributed by atoms with van der Waals surface area (Å²) < 4.78 is 11.1. The van der Waals surface area contributed by atoms with Crippen molar-refractivity contribution in [1.82, 2.24) is 15.0 Å². The zero-order valence-corrected chi connectivity index (χ0v) is 22.9. The summed E-state index contributed by atoms with van der Waals surface area (Å²) >= 11 is 0. The first-order valence-electron chi connectivity index (χ1n) is 12.9. The molecule has 0 bridgehead atoms. The first-order valence-corrected chi connectivity index (χ1v) is 12.9. The van der Waals surface area contributed by atoms with Gasteiger partial charge in [-0.15, -0.1) is 0 Å². The molecule has 0 saturated carbocycles. The summed E-state index contributed by atoms with van der Waals surface area (Å²) in [7, 11) is 1.41. The number of anilines is 5. The van der Waals surface area contributed by atoms with E-state index in [1.54, 1.807) is 12.1 Å². The molecule has 5 aromatic rings. The average molecular weight is 594 g/mol. The van der Waals surface area contributed by atoms with Crippen LogP contribution in [-0.2, 0) is 0 Å². The van der Waals surface area contributed by atoms with Crippen LogP contribution in [0.15, 0.2) is 102 Å². The third-order valence-corrected chi connectivity index (χ3v) is 5.83. The van der Waals surface area contributed by atoms with Crippen molar-refractivity contribution in [3.8, 4) is 17.2 Å². The van der Waals surface area contributed by atoms with Gasteiger partial charge < -0.3 is 20.1 Å². The van der Waals surface area contributed by atoms with Crippen LogP contribution in [0.2, 0.25) is 0 Å². The van der Waals surface area contributed by atoms with E-state index in [2.05, 4.69) is 36.1 Å². The van der Waals surface area contributed by atoms with E-state index < -0.39 is 21.2 Å². The molecular weight excluding hydrogens is 570 g/mol. The molecule has 15 heteroatoms. The molecule has 3 N–H and O–H groups in total. The van der Waals surface area contributed by atoms with Gasteiger partial charge in [0.15, 0.2) is 11.5 Å². The van der Waals surface area contributed by atoms with Gasteiger partial charge in [0, 0.05) is 17.4 Å². The smallest absolute Gasteiger partial charge is 0.318 e. The third kappa shape index (κ3) is 7.35. The number of nitro groups is 2. The van der Waals surface area contributed by atoms with E-state index in [0.717, 1.165) is 29.6 Å². The maximum atomic E-state index is 11.6. The fourth-order valence-corrected chi connectivity index (χ4v) is 3.82. The summed E-state index contributed by atoms with van der Waals surface area (Å²) in [5.41, 5.74) is 3.85. The number of benzene rings is 4. The first kappa shape index (κ1) is 28.9. The highest BCUT2D eigenvalue weighted by atomic mass is 16.6. The Kier molecular flexibility index (Phi) is 8.76. The number of rotatable bonds is 12. The number of para-hydroxylation sites is 2. The number of aromatic nitrogens is 3. The molecule has 0 fully saturated rings. The highest BCUT2D eigenvalue weighted by molar-refractivity contribution is 5.81. The quantitative estimate of drug-likeness (QED) is 0.0817. The predicted octanol–water partition coefficient (Wildman–Crippen LogP) is 6.42. The predicted molar refractivity (Wildman–Crippen MR) is 163 cm³/mol. The number of non-ortho nitro benzene ring substituents is 1. The zero-order chi connectivity index (χ0) is 30.9. The summed E-state index contributed by atoms with van der Waals surface area (Å²) in [6, 6.07) is 26.7. The van der Waals surface area contributed by atoms with Gasteiger partial charge >= 0.3 is 5.69 Å². The zero-order valence-electron chi connectivity index (χ0n) is 22.9. The Bertz CT molecular complexity index is 1760. The Morgan fingerprint density at radius 2 is 1.30 bits per heavy atom. The molecule has 1 heterocycles. The molecule has 0 aliphatic rings. The lowest BCUT2D eigenvalue weighted by atomic mass is 10.2. The highest BCUT2D eigenvalue weighted by Gasteiger charge is 2.22. The van der Waals surface area contributed by atoms with Crippen molar-refractivity contribution in [2.45, 2.75) is 0 Å². The van der Waals surface area contributed by atoms with Gasteiger partial charge in [-0.2, -0.15) is 20.1 Å². The average Bonchev–Trinajstić information content (AvgIpc) is 3.02. The molecule has 0 atom stereocenters. The summed E-state index contributed by atoms with van der Waals surface area (Å²) in [5, 5.41) is 33.1. The van der Waals surface area contributed by atoms with E-state index in [0.29, 0.717) is 5.56 Å². The minimum atomic E-state index is -0.763. The molecule has 0 saturated heterocycles. The lowest BCUT2D eigenvalue weighted by Gasteiger charge is -2.11. The molecule has 0 amide bonds. The van der Waals surface area contributed by atoms with E-state index in [1.807, 2.05) is 60.7 Å². The van der Waals surface area contributed by atoms with Gasteiger partial charge in [0.1, 0.15) is 0 Å². The van der Waals surface area contributed by atoms with Crippen molar-refractivity contribution in [3.63, 3.8) is 0 Å². The van der Waals surface area contributed by atoms with E-state index in [1.165, 1.54) is 19.4 Å². The van der Waals surface area contributed by atoms with Gasteiger partial charge in [-0.3, -0.25) is 20.2 Å². The van der Waals surface area contributed by atoms with Crippen LogP contribution in [0.25, 0.3) is 0 Å². The monoisotopic (exact) mass is 593 g/mol. The van der Waals surface area contributed by atoms with Crippen LogP contribution < -0.4 is 25.5 Å². The van der Waals surface area contributed by atoms with Crippen LogP contribution in [0, 0.1) is 20.2 Å². The number of ether oxygens (including phenoxy) is 2. The minimum absolute atomic E-state index is 0.122. The molecule has 1 aromatic heterocycles. The Hall–Kier alpha value is -6.64. The molecular formula is C29H23N9O6. The molecule has 15 nitrogen and oxygen atoms in total. The minimum Gasteiger partial charge on any atom is -0.493 e. The van der Waals surface area contributed by atoms with E-state index in [-0.39, 0.29) is 35.1 Å². The fraction of sp³-hybridized carbons (Fsp3) is 0.0345. The van der Waals surface area contributed by atoms with Crippen LogP contribution >= 0.6 is 0 Å². The normalized spacial score (nSPS) is 10.7. The maximum absolute atomic E-state index is 11.6. The van der Waals surface area contributed by atoms with Crippen molar-refractivity contribution < 1.29 is 19.3 Å². The van der Waals surface area contributed by atoms with Gasteiger partial charge in [-0.25, -0.2) is 5.43 Å². The Morgan fingerprint density at radius 3 is 1.86 bits per heavy atom. The van der Waals surface area contributed by atoms with Gasteiger partial charge in [0.25, 0.3) is 5.69 Å². The number of hydrogen-bond donors (Lipinski definition) is 3. The van der Waals surface area contributed by atoms with Gasteiger partial charge in [-0.05, 0) is 54.1 Å². The third-order valence-electron chi connectivity index (χ3n) is 5.83. The molecule has 0 aliphatic carbocycles. The topological polar surface area (TPSA) is 192 Å². The summed E-state index contributed by atoms with van der Waals surface area (Å²) in [6.45, 7) is 0. The van der Waals surface area contributed by atoms with Gasteiger partial charge in [0.2, 0.25) is 23.6 Å². The number of nitro benzene ring substituents is 2. The fourth-order valence-electron chi connectivity index (χ4n) is 3.82. The van der Waals surface area contributed by atoms with E-state index in [4.69, 9.17) is 9.47 Å². The maximum Gasteiger partial charge on any atom is 0.318 e. The van der Waals surface area contributed by atoms with E-state index >= 15 is 0 Å². The number of nitrogens with zero attached hydrogens (tertiary/aromatic N) is 6. The Morgan fingerprint density at radius 1 is 0.705 bits per heavy atom. The van der Waals surface area contributed by atoms with Crippen LogP contribution in [-0.4, -0.2) is 38.1 Å². The van der Waals surface area contributed by atoms with Crippen molar-refractivity contribution in [2.24, 2.45) is 5.10 Å². The number of nitrogens with one attached hydrogen (secondary N) is 3. The van der Waals surface area contributed by atoms with Crippen molar-refractivity contribution >= 4 is 46.8 Å². The molecule has 0 aliphatic heterocycles. The van der Waals surface area contributed by atoms with Crippen LogP contribution in [0.3, 0.4) is 0 Å². The lowest BCUT2D eigenvalue weighted by Crippen LogP contribution is -2.07. The number of hydrazone groups is 1. The Labute approximate surface area is 249 Å². The SMILES string of the molecule is COc1ccc(/C=N\Nc2nc(Nc3ccccc3)nc(Nc3ccccc3)n2)cc1Oc1ccc([N+](=O)[O-])cc1[N+](=O)[O-]. The molecule has 4 aromatic carbocycles. The van der Waals surface area contributed by atoms with Crippen LogP contribution in [0.4, 0.5) is 40.6 Å². The molecule has 44 heavy (non-hydrogen) atoms. The second-order valence-corrected chi connectivity index (χ2v) is 8.84. The molecule has 0 unspecified atom stereocenters. The van der Waals surface area contributed by atoms with E-state index in [9.17, 15) is 20.2 Å². The lowest BCUT2D eigenvalue weighted by molar-refractivity contribution is -0.394. The summed E-state index contributed by atoms with van der Waals surface area (Å²) in [6.07, 6.45) is 1.45. The van der Waals surface area contributed by atoms with Crippen molar-refractivity contribution in [3.05, 3.63) is 123 Å². The Balaban J connectivity index is 1.38. The molecule has 5 rings (SSSR count). The van der Waals surface area contributed by atoms with Crippen molar-refractivity contribution in [2.75, 3.05) is 23.2 Å². The van der Waals surface area contributed by atoms with Gasteiger partial charge in [-0.1, -0.05) is 36.4 Å². The van der Waals surface area contributed by atoms with Gasteiger partial charge in [0.05, 0.1) is 29.2 Å². The standard InChI is InChI=1S/C29H23N9O6/c1-43-25-14-12-19(16-26(25)44-24-15-13-22(37(39)40)17-23(24)38(41)42)18-30-36-29-34-27(31-20-8-4-2-5-9-20)33-28(35-29)32-21-10-6-3-7-11-21/h2-18H,1H3,(H3,31,32,33,34,35,36)/b30-18-. The first-order chi connectivity index (χ1) is 21.4. The highest BCUT2D eigenvalue weighted by Crippen LogP contribution is 2.38. The molecule has 0 radical (unpaired) electrons. The molecule has 0 spiro atoms. The molecule has 220 valence electrons. The summed E-state index contributed by atoms with van der Waals surface area (Å²) in [4.78, 5) is 34.4. The van der Waals surface area contributed by atoms with Crippen LogP contribution in [0.1, 0.15) is 5.56 Å². The number of hydrogen-bond acceptors (Lipinski definition) is 13. The summed E-state index contributed by atoms with van der Waals surface area (Å²) in [5.74, 6) is 0.873.